The smallest absolute Gasteiger partial charge is 0.138 e. The second-order valence-corrected chi connectivity index (χ2v) is 6.34. The van der Waals surface area contributed by atoms with E-state index in [2.05, 4.69) is 30.3 Å². The third kappa shape index (κ3) is 2.75. The van der Waals surface area contributed by atoms with Gasteiger partial charge in [-0.1, -0.05) is 20.3 Å². The molecule has 0 radical (unpaired) electrons. The number of alkyl halides is 1. The number of halogens is 3. The summed E-state index contributed by atoms with van der Waals surface area (Å²) in [5, 5.41) is 0. The fraction of sp³-hybridized carbons (Fsp3) is 0.500. The highest BCUT2D eigenvalue weighted by Gasteiger charge is 2.20. The molecule has 0 amide bonds. The van der Waals surface area contributed by atoms with Crippen LogP contribution in [0.15, 0.2) is 12.1 Å². The van der Waals surface area contributed by atoms with Crippen molar-refractivity contribution in [2.75, 3.05) is 0 Å². The summed E-state index contributed by atoms with van der Waals surface area (Å²) in [5.74, 6) is 1.44. The zero-order valence-electron chi connectivity index (χ0n) is 11.3. The summed E-state index contributed by atoms with van der Waals surface area (Å²) in [7, 11) is 0. The molecule has 0 spiro atoms. The van der Waals surface area contributed by atoms with E-state index in [0.29, 0.717) is 15.4 Å². The molecule has 2 aromatic rings. The van der Waals surface area contributed by atoms with Crippen LogP contribution in [-0.4, -0.2) is 9.55 Å². The van der Waals surface area contributed by atoms with Crippen molar-refractivity contribution in [3.8, 4) is 0 Å². The fourth-order valence-corrected chi connectivity index (χ4v) is 2.92. The van der Waals surface area contributed by atoms with Gasteiger partial charge in [-0.25, -0.2) is 9.37 Å². The van der Waals surface area contributed by atoms with Gasteiger partial charge in [0.2, 0.25) is 0 Å². The van der Waals surface area contributed by atoms with Crippen molar-refractivity contribution in [2.24, 2.45) is 5.92 Å². The number of fused-ring (bicyclic) bond motifs is 1. The van der Waals surface area contributed by atoms with Crippen LogP contribution >= 0.6 is 34.2 Å². The van der Waals surface area contributed by atoms with Gasteiger partial charge in [-0.3, -0.25) is 0 Å². The van der Waals surface area contributed by atoms with Crippen LogP contribution in [0.5, 0.6) is 0 Å². The Morgan fingerprint density at radius 2 is 2.11 bits per heavy atom. The molecule has 2 nitrogen and oxygen atoms in total. The normalized spacial score (nSPS) is 14.8. The molecule has 0 saturated heterocycles. The standard InChI is InChI=1S/C14H17ClFIN2/c1-4-8(2)9(3)19-13-5-10(16)11(17)6-12(13)18-14(19)7-15/h5-6,8-9H,4,7H2,1-3H3. The SMILES string of the molecule is CCC(C)C(C)n1c(CCl)nc2cc(I)c(F)cc21. The lowest BCUT2D eigenvalue weighted by Crippen LogP contribution is -2.15. The lowest BCUT2D eigenvalue weighted by Gasteiger charge is -2.22. The molecule has 0 aliphatic heterocycles. The minimum absolute atomic E-state index is 0.202. The molecule has 2 unspecified atom stereocenters. The van der Waals surface area contributed by atoms with E-state index in [9.17, 15) is 4.39 Å². The number of hydrogen-bond acceptors (Lipinski definition) is 1. The number of rotatable bonds is 4. The lowest BCUT2D eigenvalue weighted by atomic mass is 10.0. The molecule has 19 heavy (non-hydrogen) atoms. The third-order valence-electron chi connectivity index (χ3n) is 3.80. The topological polar surface area (TPSA) is 17.8 Å². The molecular formula is C14H17ClFIN2. The second kappa shape index (κ2) is 5.95. The van der Waals surface area contributed by atoms with Gasteiger partial charge in [-0.2, -0.15) is 0 Å². The van der Waals surface area contributed by atoms with Gasteiger partial charge in [0.1, 0.15) is 11.6 Å². The zero-order chi connectivity index (χ0) is 14.2. The minimum atomic E-state index is -0.202. The van der Waals surface area contributed by atoms with Crippen LogP contribution in [0.25, 0.3) is 11.0 Å². The Balaban J connectivity index is 2.66. The van der Waals surface area contributed by atoms with E-state index < -0.39 is 0 Å². The summed E-state index contributed by atoms with van der Waals surface area (Å²) < 4.78 is 16.5. The second-order valence-electron chi connectivity index (χ2n) is 4.91. The summed E-state index contributed by atoms with van der Waals surface area (Å²) in [6, 6.07) is 3.60. The van der Waals surface area contributed by atoms with Crippen LogP contribution < -0.4 is 0 Å². The number of hydrogen-bond donors (Lipinski definition) is 0. The Kier molecular flexibility index (Phi) is 4.71. The maximum absolute atomic E-state index is 13.8. The molecule has 0 fully saturated rings. The maximum atomic E-state index is 13.8. The van der Waals surface area contributed by atoms with Gasteiger partial charge in [0.05, 0.1) is 20.5 Å². The highest BCUT2D eigenvalue weighted by Crippen LogP contribution is 2.30. The Hall–Kier alpha value is -0.360. The number of nitrogens with zero attached hydrogens (tertiary/aromatic N) is 2. The first-order chi connectivity index (χ1) is 8.99. The monoisotopic (exact) mass is 394 g/mol. The van der Waals surface area contributed by atoms with Crippen molar-refractivity contribution >= 4 is 45.2 Å². The summed E-state index contributed by atoms with van der Waals surface area (Å²) >= 11 is 7.98. The van der Waals surface area contributed by atoms with E-state index >= 15 is 0 Å². The Morgan fingerprint density at radius 3 is 2.68 bits per heavy atom. The van der Waals surface area contributed by atoms with Gasteiger partial charge in [-0.05, 0) is 41.5 Å². The molecule has 1 aromatic heterocycles. The van der Waals surface area contributed by atoms with Crippen molar-refractivity contribution < 1.29 is 4.39 Å². The third-order valence-corrected chi connectivity index (χ3v) is 4.86. The van der Waals surface area contributed by atoms with Crippen LogP contribution in [0.1, 0.15) is 39.1 Å². The van der Waals surface area contributed by atoms with Crippen LogP contribution in [0.4, 0.5) is 4.39 Å². The average Bonchev–Trinajstić information content (AvgIpc) is 2.75. The summed E-state index contributed by atoms with van der Waals surface area (Å²) in [6.45, 7) is 6.49. The largest absolute Gasteiger partial charge is 0.324 e. The Bertz CT molecular complexity index is 597. The fourth-order valence-electron chi connectivity index (χ4n) is 2.28. The van der Waals surface area contributed by atoms with Gasteiger partial charge in [0, 0.05) is 12.1 Å². The van der Waals surface area contributed by atoms with E-state index in [4.69, 9.17) is 11.6 Å². The molecule has 104 valence electrons. The van der Waals surface area contributed by atoms with Crippen molar-refractivity contribution in [1.29, 1.82) is 0 Å². The number of aromatic nitrogens is 2. The number of benzene rings is 1. The summed E-state index contributed by atoms with van der Waals surface area (Å²) in [4.78, 5) is 4.53. The van der Waals surface area contributed by atoms with Gasteiger partial charge < -0.3 is 4.57 Å². The molecule has 2 atom stereocenters. The van der Waals surface area contributed by atoms with Crippen LogP contribution in [0.3, 0.4) is 0 Å². The lowest BCUT2D eigenvalue weighted by molar-refractivity contribution is 0.371. The van der Waals surface area contributed by atoms with Gasteiger partial charge >= 0.3 is 0 Å². The van der Waals surface area contributed by atoms with E-state index in [-0.39, 0.29) is 11.9 Å². The Morgan fingerprint density at radius 1 is 1.42 bits per heavy atom. The Labute approximate surface area is 131 Å². The van der Waals surface area contributed by atoms with Crippen molar-refractivity contribution in [1.82, 2.24) is 9.55 Å². The van der Waals surface area contributed by atoms with Crippen molar-refractivity contribution in [3.05, 3.63) is 27.3 Å². The molecule has 1 heterocycles. The summed E-state index contributed by atoms with van der Waals surface area (Å²) in [5.41, 5.74) is 1.65. The first-order valence-electron chi connectivity index (χ1n) is 6.41. The van der Waals surface area contributed by atoms with Gasteiger partial charge in [-0.15, -0.1) is 11.6 Å². The van der Waals surface area contributed by atoms with Crippen LogP contribution in [0.2, 0.25) is 0 Å². The maximum Gasteiger partial charge on any atom is 0.138 e. The van der Waals surface area contributed by atoms with E-state index in [1.165, 1.54) is 0 Å². The first kappa shape index (κ1) is 15.0. The molecule has 0 saturated carbocycles. The predicted molar refractivity (Wildman–Crippen MR) is 86.1 cm³/mol. The average molecular weight is 395 g/mol. The molecule has 0 bridgehead atoms. The van der Waals surface area contributed by atoms with Gasteiger partial charge in [0.25, 0.3) is 0 Å². The van der Waals surface area contributed by atoms with E-state index in [1.807, 2.05) is 22.6 Å². The molecule has 5 heteroatoms. The summed E-state index contributed by atoms with van der Waals surface area (Å²) in [6.07, 6.45) is 1.06. The van der Waals surface area contributed by atoms with Gasteiger partial charge in [0.15, 0.2) is 0 Å². The van der Waals surface area contributed by atoms with E-state index in [1.54, 1.807) is 12.1 Å². The zero-order valence-corrected chi connectivity index (χ0v) is 14.2. The highest BCUT2D eigenvalue weighted by atomic mass is 127. The molecule has 2 rings (SSSR count). The molecule has 1 aromatic carbocycles. The highest BCUT2D eigenvalue weighted by molar-refractivity contribution is 14.1. The molecular weight excluding hydrogens is 378 g/mol. The van der Waals surface area contributed by atoms with Crippen LogP contribution in [-0.2, 0) is 5.88 Å². The molecule has 0 N–H and O–H groups in total. The predicted octanol–water partition coefficient (Wildman–Crippen LogP) is 5.13. The molecule has 0 aliphatic carbocycles. The first-order valence-corrected chi connectivity index (χ1v) is 8.02. The number of imidazole rings is 1. The van der Waals surface area contributed by atoms with Crippen molar-refractivity contribution in [3.63, 3.8) is 0 Å². The molecule has 0 aliphatic rings. The quantitative estimate of drug-likeness (QED) is 0.519. The van der Waals surface area contributed by atoms with Crippen molar-refractivity contribution in [2.45, 2.75) is 39.1 Å². The van der Waals surface area contributed by atoms with E-state index in [0.717, 1.165) is 23.3 Å². The van der Waals surface area contributed by atoms with Crippen LogP contribution in [0, 0.1) is 15.3 Å². The minimum Gasteiger partial charge on any atom is -0.324 e.